The van der Waals surface area contributed by atoms with Gasteiger partial charge in [-0.05, 0) is 98.4 Å². The number of amides is 1. The zero-order valence-electron chi connectivity index (χ0n) is 28.7. The van der Waals surface area contributed by atoms with E-state index in [-0.39, 0.29) is 24.1 Å². The monoisotopic (exact) mass is 617 g/mol. The highest BCUT2D eigenvalue weighted by Crippen LogP contribution is 2.41. The van der Waals surface area contributed by atoms with Crippen molar-refractivity contribution in [1.29, 1.82) is 0 Å². The van der Waals surface area contributed by atoms with Gasteiger partial charge in [-0.2, -0.15) is 5.10 Å². The van der Waals surface area contributed by atoms with Crippen LogP contribution in [0.15, 0.2) is 24.7 Å². The Balaban J connectivity index is 1.68. The lowest BCUT2D eigenvalue weighted by Gasteiger charge is -2.44. The zero-order chi connectivity index (χ0) is 33.2. The molecular weight excluding hydrogens is 570 g/mol. The number of anilines is 1. The highest BCUT2D eigenvalue weighted by molar-refractivity contribution is 5.99. The van der Waals surface area contributed by atoms with E-state index in [2.05, 4.69) is 35.8 Å². The van der Waals surface area contributed by atoms with E-state index >= 15 is 0 Å². The predicted molar refractivity (Wildman–Crippen MR) is 176 cm³/mol. The maximum atomic E-state index is 14.0. The Morgan fingerprint density at radius 3 is 2.18 bits per heavy atom. The number of nitrogens with zero attached hydrogens (tertiary/aromatic N) is 7. The molecule has 0 spiro atoms. The smallest absolute Gasteiger partial charge is 0.419 e. The summed E-state index contributed by atoms with van der Waals surface area (Å²) in [6.07, 6.45) is 2.71. The molecule has 1 aliphatic heterocycles. The normalized spacial score (nSPS) is 17.9. The molecule has 5 rings (SSSR count). The van der Waals surface area contributed by atoms with Crippen molar-refractivity contribution < 1.29 is 19.1 Å². The molecule has 0 bridgehead atoms. The molecule has 242 valence electrons. The Hall–Kier alpha value is -4.15. The molecule has 11 nitrogen and oxygen atoms in total. The number of aryl methyl sites for hydroxylation is 1. The lowest BCUT2D eigenvalue weighted by Crippen LogP contribution is -2.59. The largest absolute Gasteiger partial charge is 0.444 e. The minimum atomic E-state index is -0.698. The average Bonchev–Trinajstić information content (AvgIpc) is 3.52. The lowest BCUT2D eigenvalue weighted by molar-refractivity contribution is 0.0129. The minimum Gasteiger partial charge on any atom is -0.444 e. The van der Waals surface area contributed by atoms with Gasteiger partial charge < -0.3 is 19.3 Å². The van der Waals surface area contributed by atoms with Gasteiger partial charge in [0.2, 0.25) is 0 Å². The number of hydrogen-bond donors (Lipinski definition) is 0. The average molecular weight is 618 g/mol. The molecule has 0 radical (unpaired) electrons. The van der Waals surface area contributed by atoms with Gasteiger partial charge in [0.25, 0.3) is 0 Å². The third kappa shape index (κ3) is 6.09. The van der Waals surface area contributed by atoms with Crippen molar-refractivity contribution >= 4 is 34.7 Å². The van der Waals surface area contributed by atoms with E-state index in [0.29, 0.717) is 18.6 Å². The molecule has 1 fully saturated rings. The minimum absolute atomic E-state index is 0.00630. The molecule has 1 unspecified atom stereocenters. The van der Waals surface area contributed by atoms with Crippen molar-refractivity contribution in [3.05, 3.63) is 41.3 Å². The van der Waals surface area contributed by atoms with E-state index in [1.165, 1.54) is 6.33 Å². The van der Waals surface area contributed by atoms with Gasteiger partial charge in [-0.25, -0.2) is 28.6 Å². The summed E-state index contributed by atoms with van der Waals surface area (Å²) in [5, 5.41) is 4.42. The van der Waals surface area contributed by atoms with Crippen LogP contribution in [-0.4, -0.2) is 77.6 Å². The Morgan fingerprint density at radius 1 is 0.911 bits per heavy atom. The number of pyridine rings is 2. The summed E-state index contributed by atoms with van der Waals surface area (Å²) in [5.41, 5.74) is 5.49. The van der Waals surface area contributed by atoms with Crippen molar-refractivity contribution in [2.75, 3.05) is 18.0 Å². The van der Waals surface area contributed by atoms with E-state index in [1.807, 2.05) is 80.6 Å². The number of ether oxygens (including phenoxy) is 2. The van der Waals surface area contributed by atoms with Crippen LogP contribution in [0.4, 0.5) is 15.4 Å². The molecule has 11 heteroatoms. The fourth-order valence-electron chi connectivity index (χ4n) is 6.10. The van der Waals surface area contributed by atoms with Crippen LogP contribution in [0, 0.1) is 13.8 Å². The van der Waals surface area contributed by atoms with Gasteiger partial charge in [0.1, 0.15) is 23.3 Å². The SMILES string of the molecule is Cc1c(-c2c(C(C)C)c3nc(N4CC(C)N(C(=O)OC(C)(C)C)C[C@@H]4C)ccc3n2C(=O)OC(C)(C)C)cn2ncnc2c1C. The van der Waals surface area contributed by atoms with Crippen molar-refractivity contribution in [2.45, 2.75) is 112 Å². The standard InChI is InChI=1S/C34H47N7O4/c1-19(2)27-28-25(13-14-26(37-28)38-15-21(4)39(16-20(38)3)31(42)44-33(7,8)9)41(32(43)45-34(10,11)12)29(27)24-17-40-30(35-18-36-40)23(6)22(24)5/h13-14,17-21H,15-16H2,1-12H3/t20-,21?/m0/s1. The van der Waals surface area contributed by atoms with Crippen molar-refractivity contribution in [2.24, 2.45) is 0 Å². The number of piperazine rings is 1. The zero-order valence-corrected chi connectivity index (χ0v) is 28.7. The molecule has 4 aromatic heterocycles. The number of fused-ring (bicyclic) bond motifs is 2. The predicted octanol–water partition coefficient (Wildman–Crippen LogP) is 7.10. The second kappa shape index (κ2) is 11.3. The number of hydrogen-bond acceptors (Lipinski definition) is 8. The first kappa shape index (κ1) is 32.2. The Kier molecular flexibility index (Phi) is 8.12. The van der Waals surface area contributed by atoms with Gasteiger partial charge in [0, 0.05) is 42.5 Å². The quantitative estimate of drug-likeness (QED) is 0.240. The molecule has 45 heavy (non-hydrogen) atoms. The molecule has 0 aliphatic carbocycles. The summed E-state index contributed by atoms with van der Waals surface area (Å²) in [4.78, 5) is 40.7. The first-order chi connectivity index (χ1) is 20.9. The summed E-state index contributed by atoms with van der Waals surface area (Å²) in [6.45, 7) is 24.8. The molecule has 1 saturated heterocycles. The Labute approximate surface area is 265 Å². The van der Waals surface area contributed by atoms with Crippen LogP contribution in [0.1, 0.15) is 91.8 Å². The fraction of sp³-hybridized carbons (Fsp3) is 0.559. The van der Waals surface area contributed by atoms with Gasteiger partial charge in [-0.3, -0.25) is 0 Å². The van der Waals surface area contributed by atoms with E-state index in [1.54, 1.807) is 14.0 Å². The van der Waals surface area contributed by atoms with Gasteiger partial charge >= 0.3 is 12.2 Å². The number of carbonyl (C=O) groups is 2. The van der Waals surface area contributed by atoms with Crippen LogP contribution in [0.3, 0.4) is 0 Å². The van der Waals surface area contributed by atoms with Crippen LogP contribution in [-0.2, 0) is 9.47 Å². The molecule has 0 saturated carbocycles. The lowest BCUT2D eigenvalue weighted by atomic mass is 9.95. The van der Waals surface area contributed by atoms with Gasteiger partial charge in [0.05, 0.1) is 16.7 Å². The Bertz CT molecular complexity index is 1770. The Morgan fingerprint density at radius 2 is 1.56 bits per heavy atom. The van der Waals surface area contributed by atoms with Crippen molar-refractivity contribution in [1.82, 2.24) is 29.0 Å². The van der Waals surface area contributed by atoms with E-state index < -0.39 is 17.3 Å². The van der Waals surface area contributed by atoms with Crippen LogP contribution < -0.4 is 4.90 Å². The second-order valence-corrected chi connectivity index (χ2v) is 14.6. The molecule has 2 atom stereocenters. The maximum Gasteiger partial charge on any atom is 0.419 e. The third-order valence-electron chi connectivity index (χ3n) is 8.28. The fourth-order valence-corrected chi connectivity index (χ4v) is 6.10. The summed E-state index contributed by atoms with van der Waals surface area (Å²) in [5.74, 6) is 0.820. The van der Waals surface area contributed by atoms with E-state index in [0.717, 1.165) is 44.9 Å². The number of aromatic nitrogens is 5. The first-order valence-corrected chi connectivity index (χ1v) is 15.7. The van der Waals surface area contributed by atoms with Crippen molar-refractivity contribution in [3.8, 4) is 11.3 Å². The summed E-state index contributed by atoms with van der Waals surface area (Å²) < 4.78 is 15.1. The third-order valence-corrected chi connectivity index (χ3v) is 8.28. The molecule has 4 aromatic rings. The number of rotatable bonds is 3. The van der Waals surface area contributed by atoms with Gasteiger partial charge in [-0.15, -0.1) is 0 Å². The topological polar surface area (TPSA) is 107 Å². The highest BCUT2D eigenvalue weighted by Gasteiger charge is 2.36. The molecule has 0 N–H and O–H groups in total. The number of carbonyl (C=O) groups excluding carboxylic acids is 2. The summed E-state index contributed by atoms with van der Waals surface area (Å²) in [6, 6.07) is 3.83. The van der Waals surface area contributed by atoms with E-state index in [4.69, 9.17) is 14.5 Å². The molecule has 1 aliphatic rings. The molecule has 5 heterocycles. The second-order valence-electron chi connectivity index (χ2n) is 14.6. The maximum absolute atomic E-state index is 14.0. The molecule has 1 amide bonds. The summed E-state index contributed by atoms with van der Waals surface area (Å²) in [7, 11) is 0. The van der Waals surface area contributed by atoms with Gasteiger partial charge in [0.15, 0.2) is 5.65 Å². The van der Waals surface area contributed by atoms with Crippen molar-refractivity contribution in [3.63, 3.8) is 0 Å². The first-order valence-electron chi connectivity index (χ1n) is 15.7. The van der Waals surface area contributed by atoms with Crippen LogP contribution >= 0.6 is 0 Å². The van der Waals surface area contributed by atoms with Crippen LogP contribution in [0.2, 0.25) is 0 Å². The molecular formula is C34H47N7O4. The summed E-state index contributed by atoms with van der Waals surface area (Å²) >= 11 is 0. The van der Waals surface area contributed by atoms with Gasteiger partial charge in [-0.1, -0.05) is 13.8 Å². The van der Waals surface area contributed by atoms with Crippen LogP contribution in [0.25, 0.3) is 27.9 Å². The highest BCUT2D eigenvalue weighted by atomic mass is 16.6. The van der Waals surface area contributed by atoms with Crippen LogP contribution in [0.5, 0.6) is 0 Å². The molecule has 0 aromatic carbocycles. The van der Waals surface area contributed by atoms with E-state index in [9.17, 15) is 9.59 Å².